The molecule has 25 heavy (non-hydrogen) atoms. The summed E-state index contributed by atoms with van der Waals surface area (Å²) in [6.45, 7) is 2.11. The summed E-state index contributed by atoms with van der Waals surface area (Å²) in [7, 11) is 0. The SMILES string of the molecule is NC(CNC(=O)C1CCCCC1C(=O)N1CCCC1)c1ccccc1. The molecule has 2 fully saturated rings. The fourth-order valence-corrected chi connectivity index (χ4v) is 4.07. The lowest BCUT2D eigenvalue weighted by molar-refractivity contribution is -0.142. The first-order valence-electron chi connectivity index (χ1n) is 9.54. The van der Waals surface area contributed by atoms with E-state index in [1.807, 2.05) is 35.2 Å². The molecular weight excluding hydrogens is 314 g/mol. The normalized spacial score (nSPS) is 24.8. The summed E-state index contributed by atoms with van der Waals surface area (Å²) in [5, 5.41) is 2.99. The Labute approximate surface area is 150 Å². The van der Waals surface area contributed by atoms with Crippen LogP contribution in [0.4, 0.5) is 0 Å². The van der Waals surface area contributed by atoms with Crippen LogP contribution in [0.1, 0.15) is 50.1 Å². The van der Waals surface area contributed by atoms with Crippen LogP contribution in [-0.2, 0) is 9.59 Å². The summed E-state index contributed by atoms with van der Waals surface area (Å²) in [6.07, 6.45) is 5.86. The van der Waals surface area contributed by atoms with Gasteiger partial charge in [-0.3, -0.25) is 9.59 Å². The van der Waals surface area contributed by atoms with Crippen LogP contribution in [0.5, 0.6) is 0 Å². The first-order chi connectivity index (χ1) is 12.2. The number of carbonyl (C=O) groups is 2. The standard InChI is InChI=1S/C20H29N3O2/c21-18(15-8-2-1-3-9-15)14-22-19(24)16-10-4-5-11-17(16)20(25)23-12-6-7-13-23/h1-3,8-9,16-18H,4-7,10-14,21H2,(H,22,24). The van der Waals surface area contributed by atoms with Crippen molar-refractivity contribution in [3.63, 3.8) is 0 Å². The highest BCUT2D eigenvalue weighted by Crippen LogP contribution is 2.32. The number of nitrogens with one attached hydrogen (secondary N) is 1. The van der Waals surface area contributed by atoms with E-state index in [-0.39, 0.29) is 29.7 Å². The molecule has 1 aromatic rings. The molecule has 1 saturated heterocycles. The van der Waals surface area contributed by atoms with Gasteiger partial charge >= 0.3 is 0 Å². The largest absolute Gasteiger partial charge is 0.354 e. The average molecular weight is 343 g/mol. The van der Waals surface area contributed by atoms with Crippen molar-refractivity contribution in [2.75, 3.05) is 19.6 Å². The number of nitrogens with two attached hydrogens (primary N) is 1. The average Bonchev–Trinajstić information content (AvgIpc) is 3.20. The molecule has 1 aliphatic heterocycles. The molecule has 1 saturated carbocycles. The van der Waals surface area contributed by atoms with Crippen molar-refractivity contribution in [3.8, 4) is 0 Å². The molecule has 136 valence electrons. The fourth-order valence-electron chi connectivity index (χ4n) is 4.07. The molecule has 3 N–H and O–H groups in total. The number of amides is 2. The molecular formula is C20H29N3O2. The van der Waals surface area contributed by atoms with E-state index in [4.69, 9.17) is 5.73 Å². The van der Waals surface area contributed by atoms with Crippen LogP contribution >= 0.6 is 0 Å². The lowest BCUT2D eigenvalue weighted by atomic mass is 9.77. The fraction of sp³-hybridized carbons (Fsp3) is 0.600. The summed E-state index contributed by atoms with van der Waals surface area (Å²) < 4.78 is 0. The maximum atomic E-state index is 12.8. The van der Waals surface area contributed by atoms with E-state index in [0.29, 0.717) is 6.54 Å². The molecule has 0 radical (unpaired) electrons. The second-order valence-electron chi connectivity index (χ2n) is 7.29. The van der Waals surface area contributed by atoms with Gasteiger partial charge in [0, 0.05) is 37.5 Å². The number of hydrogen-bond donors (Lipinski definition) is 2. The van der Waals surface area contributed by atoms with Gasteiger partial charge in [-0.25, -0.2) is 0 Å². The quantitative estimate of drug-likeness (QED) is 0.861. The molecule has 0 bridgehead atoms. The Balaban J connectivity index is 1.58. The van der Waals surface area contributed by atoms with E-state index in [9.17, 15) is 9.59 Å². The Hall–Kier alpha value is -1.88. The van der Waals surface area contributed by atoms with Gasteiger partial charge in [-0.05, 0) is 31.2 Å². The van der Waals surface area contributed by atoms with Crippen molar-refractivity contribution >= 4 is 11.8 Å². The van der Waals surface area contributed by atoms with Crippen LogP contribution < -0.4 is 11.1 Å². The Morgan fingerprint density at radius 2 is 1.68 bits per heavy atom. The van der Waals surface area contributed by atoms with Crippen LogP contribution in [0.3, 0.4) is 0 Å². The third kappa shape index (κ3) is 4.40. The van der Waals surface area contributed by atoms with E-state index in [0.717, 1.165) is 57.2 Å². The molecule has 3 rings (SSSR count). The number of nitrogens with zero attached hydrogens (tertiary/aromatic N) is 1. The first kappa shape index (κ1) is 17.9. The molecule has 3 atom stereocenters. The third-order valence-electron chi connectivity index (χ3n) is 5.56. The van der Waals surface area contributed by atoms with Crippen molar-refractivity contribution in [2.45, 2.75) is 44.6 Å². The van der Waals surface area contributed by atoms with Gasteiger partial charge in [0.25, 0.3) is 0 Å². The van der Waals surface area contributed by atoms with E-state index in [1.54, 1.807) is 0 Å². The first-order valence-corrected chi connectivity index (χ1v) is 9.54. The molecule has 1 aromatic carbocycles. The van der Waals surface area contributed by atoms with E-state index < -0.39 is 0 Å². The van der Waals surface area contributed by atoms with Gasteiger partial charge in [0.1, 0.15) is 0 Å². The number of hydrogen-bond acceptors (Lipinski definition) is 3. The molecule has 5 heteroatoms. The minimum Gasteiger partial charge on any atom is -0.354 e. The lowest BCUT2D eigenvalue weighted by Gasteiger charge is -2.32. The summed E-state index contributed by atoms with van der Waals surface area (Å²) in [5.41, 5.74) is 7.19. The molecule has 5 nitrogen and oxygen atoms in total. The van der Waals surface area contributed by atoms with Crippen LogP contribution in [0.25, 0.3) is 0 Å². The minimum absolute atomic E-state index is 0.0105. The monoisotopic (exact) mass is 343 g/mol. The molecule has 0 spiro atoms. The number of rotatable bonds is 5. The highest BCUT2D eigenvalue weighted by molar-refractivity contribution is 5.88. The Kier molecular flexibility index (Phi) is 6.08. The Bertz CT molecular complexity index is 584. The molecule has 2 amide bonds. The molecule has 1 aliphatic carbocycles. The smallest absolute Gasteiger partial charge is 0.226 e. The van der Waals surface area contributed by atoms with Crippen molar-refractivity contribution in [1.82, 2.24) is 10.2 Å². The zero-order chi connectivity index (χ0) is 17.6. The summed E-state index contributed by atoms with van der Waals surface area (Å²) in [4.78, 5) is 27.5. The van der Waals surface area contributed by atoms with Crippen LogP contribution in [0.15, 0.2) is 30.3 Å². The van der Waals surface area contributed by atoms with E-state index in [1.165, 1.54) is 0 Å². The second kappa shape index (κ2) is 8.48. The summed E-state index contributed by atoms with van der Waals surface area (Å²) >= 11 is 0. The van der Waals surface area contributed by atoms with E-state index in [2.05, 4.69) is 5.32 Å². The van der Waals surface area contributed by atoms with Crippen molar-refractivity contribution < 1.29 is 9.59 Å². The van der Waals surface area contributed by atoms with Crippen LogP contribution in [0, 0.1) is 11.8 Å². The minimum atomic E-state index is -0.221. The molecule has 3 unspecified atom stereocenters. The second-order valence-corrected chi connectivity index (χ2v) is 7.29. The third-order valence-corrected chi connectivity index (χ3v) is 5.56. The van der Waals surface area contributed by atoms with Gasteiger partial charge in [-0.1, -0.05) is 43.2 Å². The van der Waals surface area contributed by atoms with Crippen molar-refractivity contribution in [2.24, 2.45) is 17.6 Å². The lowest BCUT2D eigenvalue weighted by Crippen LogP contribution is -2.45. The maximum Gasteiger partial charge on any atom is 0.226 e. The Morgan fingerprint density at radius 3 is 2.36 bits per heavy atom. The van der Waals surface area contributed by atoms with Gasteiger partial charge in [0.05, 0.1) is 0 Å². The predicted octanol–water partition coefficient (Wildman–Crippen LogP) is 2.23. The number of likely N-dealkylation sites (tertiary alicyclic amines) is 1. The topological polar surface area (TPSA) is 75.4 Å². The van der Waals surface area contributed by atoms with Gasteiger partial charge in [-0.15, -0.1) is 0 Å². The zero-order valence-corrected chi connectivity index (χ0v) is 14.8. The van der Waals surface area contributed by atoms with Gasteiger partial charge < -0.3 is 16.0 Å². The van der Waals surface area contributed by atoms with Crippen LogP contribution in [0.2, 0.25) is 0 Å². The van der Waals surface area contributed by atoms with Crippen LogP contribution in [-0.4, -0.2) is 36.3 Å². The number of benzene rings is 1. The number of carbonyl (C=O) groups excluding carboxylic acids is 2. The highest BCUT2D eigenvalue weighted by atomic mass is 16.2. The highest BCUT2D eigenvalue weighted by Gasteiger charge is 2.38. The summed E-state index contributed by atoms with van der Waals surface area (Å²) in [5.74, 6) is -0.182. The summed E-state index contributed by atoms with van der Waals surface area (Å²) in [6, 6.07) is 9.56. The zero-order valence-electron chi connectivity index (χ0n) is 14.8. The molecule has 0 aromatic heterocycles. The molecule has 1 heterocycles. The van der Waals surface area contributed by atoms with Gasteiger partial charge in [-0.2, -0.15) is 0 Å². The van der Waals surface area contributed by atoms with Crippen molar-refractivity contribution in [1.29, 1.82) is 0 Å². The molecule has 2 aliphatic rings. The van der Waals surface area contributed by atoms with Gasteiger partial charge in [0.15, 0.2) is 0 Å². The van der Waals surface area contributed by atoms with E-state index >= 15 is 0 Å². The Morgan fingerprint density at radius 1 is 1.04 bits per heavy atom. The predicted molar refractivity (Wildman–Crippen MR) is 97.6 cm³/mol. The van der Waals surface area contributed by atoms with Gasteiger partial charge in [0.2, 0.25) is 11.8 Å². The maximum absolute atomic E-state index is 12.8. The van der Waals surface area contributed by atoms with Crippen molar-refractivity contribution in [3.05, 3.63) is 35.9 Å².